The molecule has 1 aromatic carbocycles. The summed E-state index contributed by atoms with van der Waals surface area (Å²) in [7, 11) is 0. The van der Waals surface area contributed by atoms with Crippen molar-refractivity contribution >= 4 is 23.1 Å². The molecule has 2 aromatic heterocycles. The highest BCUT2D eigenvalue weighted by Crippen LogP contribution is 2.49. The highest BCUT2D eigenvalue weighted by molar-refractivity contribution is 6.00. The maximum Gasteiger partial charge on any atom is 0.272 e. The summed E-state index contributed by atoms with van der Waals surface area (Å²) < 4.78 is 56.5. The van der Waals surface area contributed by atoms with Crippen LogP contribution in [0.2, 0.25) is 0 Å². The monoisotopic (exact) mass is 487 g/mol. The molecule has 0 spiro atoms. The minimum absolute atomic E-state index is 0.0159. The average molecular weight is 487 g/mol. The van der Waals surface area contributed by atoms with E-state index in [-0.39, 0.29) is 30.1 Å². The summed E-state index contributed by atoms with van der Waals surface area (Å²) in [5, 5.41) is 5.06. The van der Waals surface area contributed by atoms with E-state index < -0.39 is 40.1 Å². The van der Waals surface area contributed by atoms with Gasteiger partial charge in [-0.05, 0) is 18.9 Å². The number of benzene rings is 1. The smallest absolute Gasteiger partial charge is 0.272 e. The van der Waals surface area contributed by atoms with Crippen molar-refractivity contribution < 1.29 is 27.2 Å². The zero-order chi connectivity index (χ0) is 25.2. The number of hydrogen-bond donors (Lipinski definition) is 2. The number of Topliss-reactive ketones (excluding diaryl/α,β-unsaturated/α-hetero) is 1. The molecule has 2 heterocycles. The molecule has 1 fully saturated rings. The first-order chi connectivity index (χ1) is 16.6. The van der Waals surface area contributed by atoms with Crippen LogP contribution in [0.5, 0.6) is 0 Å². The van der Waals surface area contributed by atoms with E-state index in [9.17, 15) is 27.2 Å². The Morgan fingerprint density at radius 2 is 1.80 bits per heavy atom. The normalized spacial score (nSPS) is 14.3. The summed E-state index contributed by atoms with van der Waals surface area (Å²) in [5.74, 6) is -5.73. The van der Waals surface area contributed by atoms with E-state index in [0.29, 0.717) is 25.3 Å². The van der Waals surface area contributed by atoms with Gasteiger partial charge in [-0.15, -0.1) is 0 Å². The third-order valence-electron chi connectivity index (χ3n) is 5.81. The van der Waals surface area contributed by atoms with E-state index in [1.807, 2.05) is 0 Å². The summed E-state index contributed by atoms with van der Waals surface area (Å²) in [4.78, 5) is 36.6. The lowest BCUT2D eigenvalue weighted by molar-refractivity contribution is -0.126. The van der Waals surface area contributed by atoms with Crippen molar-refractivity contribution in [3.63, 3.8) is 0 Å². The standard InChI is InChI=1S/C24H21F4N5O2/c1-23(27,28)16-3-2-4-17(25)21(16)33-15-7-18(26)19(31-11-15)12-32-22(35)24(5-6-24)8-20(34)14-9-29-13-30-10-14/h2-4,7,9-11,13,33H,5-6,8,12H2,1H3,(H,32,35). The zero-order valence-electron chi connectivity index (χ0n) is 18.6. The number of pyridine rings is 1. The number of hydrogen-bond acceptors (Lipinski definition) is 6. The number of halogens is 4. The molecule has 1 aliphatic rings. The molecular weight excluding hydrogens is 466 g/mol. The number of nitrogens with zero attached hydrogens (tertiary/aromatic N) is 3. The van der Waals surface area contributed by atoms with Crippen molar-refractivity contribution in [2.24, 2.45) is 5.41 Å². The summed E-state index contributed by atoms with van der Waals surface area (Å²) in [6.07, 6.45) is 6.23. The Morgan fingerprint density at radius 1 is 1.09 bits per heavy atom. The van der Waals surface area contributed by atoms with Crippen molar-refractivity contribution in [3.05, 3.63) is 77.6 Å². The first kappa shape index (κ1) is 24.2. The molecule has 1 amide bonds. The first-order valence-corrected chi connectivity index (χ1v) is 10.7. The molecule has 182 valence electrons. The Balaban J connectivity index is 1.41. The molecule has 35 heavy (non-hydrogen) atoms. The molecule has 0 aliphatic heterocycles. The molecule has 1 saturated carbocycles. The topological polar surface area (TPSA) is 96.9 Å². The van der Waals surface area contributed by atoms with Crippen LogP contribution in [0.15, 0.2) is 49.2 Å². The Morgan fingerprint density at radius 3 is 2.43 bits per heavy atom. The van der Waals surface area contributed by atoms with Gasteiger partial charge in [0.1, 0.15) is 18.0 Å². The van der Waals surface area contributed by atoms with Gasteiger partial charge in [0.15, 0.2) is 5.78 Å². The number of carbonyl (C=O) groups is 2. The summed E-state index contributed by atoms with van der Waals surface area (Å²) in [6.45, 7) is 0.388. The molecule has 4 rings (SSSR count). The molecule has 0 bridgehead atoms. The van der Waals surface area contributed by atoms with Crippen LogP contribution in [0.4, 0.5) is 28.9 Å². The lowest BCUT2D eigenvalue weighted by Gasteiger charge is -2.18. The van der Waals surface area contributed by atoms with Gasteiger partial charge in [0.05, 0.1) is 40.8 Å². The van der Waals surface area contributed by atoms with Crippen LogP contribution in [-0.4, -0.2) is 26.6 Å². The Bertz CT molecular complexity index is 1260. The summed E-state index contributed by atoms with van der Waals surface area (Å²) in [6, 6.07) is 4.22. The lowest BCUT2D eigenvalue weighted by Crippen LogP contribution is -2.33. The Labute approximate surface area is 198 Å². The molecule has 3 aromatic rings. The van der Waals surface area contributed by atoms with Gasteiger partial charge in [-0.1, -0.05) is 12.1 Å². The highest BCUT2D eigenvalue weighted by Gasteiger charge is 2.51. The SMILES string of the molecule is CC(F)(F)c1cccc(F)c1Nc1cnc(CNC(=O)C2(CC(=O)c3cncnc3)CC2)c(F)c1. The zero-order valence-corrected chi connectivity index (χ0v) is 18.6. The van der Waals surface area contributed by atoms with Crippen molar-refractivity contribution in [1.29, 1.82) is 0 Å². The van der Waals surface area contributed by atoms with Crippen LogP contribution in [0, 0.1) is 17.0 Å². The molecule has 0 radical (unpaired) electrons. The second-order valence-electron chi connectivity index (χ2n) is 8.52. The van der Waals surface area contributed by atoms with Crippen LogP contribution >= 0.6 is 0 Å². The molecule has 0 unspecified atom stereocenters. The second-order valence-corrected chi connectivity index (χ2v) is 8.52. The number of anilines is 2. The van der Waals surface area contributed by atoms with Crippen LogP contribution in [0.1, 0.15) is 47.8 Å². The van der Waals surface area contributed by atoms with Crippen molar-refractivity contribution in [3.8, 4) is 0 Å². The Hall–Kier alpha value is -3.89. The molecule has 0 saturated heterocycles. The quantitative estimate of drug-likeness (QED) is 0.336. The van der Waals surface area contributed by atoms with Gasteiger partial charge in [0.25, 0.3) is 5.92 Å². The van der Waals surface area contributed by atoms with E-state index >= 15 is 0 Å². The fourth-order valence-electron chi connectivity index (χ4n) is 3.66. The van der Waals surface area contributed by atoms with Crippen molar-refractivity contribution in [2.75, 3.05) is 5.32 Å². The van der Waals surface area contributed by atoms with Gasteiger partial charge in [0, 0.05) is 37.4 Å². The van der Waals surface area contributed by atoms with Crippen LogP contribution in [0.3, 0.4) is 0 Å². The number of carbonyl (C=O) groups excluding carboxylic acids is 2. The number of para-hydroxylation sites is 1. The number of aromatic nitrogens is 3. The fourth-order valence-corrected chi connectivity index (χ4v) is 3.66. The number of amides is 1. The van der Waals surface area contributed by atoms with E-state index in [2.05, 4.69) is 25.6 Å². The summed E-state index contributed by atoms with van der Waals surface area (Å²) in [5.41, 5.74) is -1.76. The average Bonchev–Trinajstić information content (AvgIpc) is 3.60. The minimum Gasteiger partial charge on any atom is -0.351 e. The molecule has 0 atom stereocenters. The third kappa shape index (κ3) is 5.44. The number of alkyl halides is 2. The van der Waals surface area contributed by atoms with Crippen molar-refractivity contribution in [2.45, 2.75) is 38.7 Å². The van der Waals surface area contributed by atoms with E-state index in [4.69, 9.17) is 0 Å². The van der Waals surface area contributed by atoms with Gasteiger partial charge in [-0.2, -0.15) is 0 Å². The fraction of sp³-hybridized carbons (Fsp3) is 0.292. The van der Waals surface area contributed by atoms with E-state index in [1.54, 1.807) is 0 Å². The lowest BCUT2D eigenvalue weighted by atomic mass is 9.96. The molecule has 1 aliphatic carbocycles. The number of rotatable bonds is 9. The third-order valence-corrected chi connectivity index (χ3v) is 5.81. The van der Waals surface area contributed by atoms with Gasteiger partial charge in [-0.3, -0.25) is 14.6 Å². The minimum atomic E-state index is -3.33. The number of nitrogens with one attached hydrogen (secondary N) is 2. The predicted molar refractivity (Wildman–Crippen MR) is 118 cm³/mol. The Kier molecular flexibility index (Phi) is 6.51. The summed E-state index contributed by atoms with van der Waals surface area (Å²) >= 11 is 0. The maximum absolute atomic E-state index is 14.6. The highest BCUT2D eigenvalue weighted by atomic mass is 19.3. The van der Waals surface area contributed by atoms with Crippen LogP contribution < -0.4 is 10.6 Å². The van der Waals surface area contributed by atoms with E-state index in [0.717, 1.165) is 30.5 Å². The van der Waals surface area contributed by atoms with Gasteiger partial charge < -0.3 is 10.6 Å². The largest absolute Gasteiger partial charge is 0.351 e. The van der Waals surface area contributed by atoms with Crippen LogP contribution in [-0.2, 0) is 17.3 Å². The molecule has 7 nitrogen and oxygen atoms in total. The van der Waals surface area contributed by atoms with Crippen molar-refractivity contribution in [1.82, 2.24) is 20.3 Å². The molecule has 2 N–H and O–H groups in total. The maximum atomic E-state index is 14.6. The predicted octanol–water partition coefficient (Wildman–Crippen LogP) is 4.67. The molecule has 11 heteroatoms. The van der Waals surface area contributed by atoms with Crippen LogP contribution in [0.25, 0.3) is 0 Å². The first-order valence-electron chi connectivity index (χ1n) is 10.7. The van der Waals surface area contributed by atoms with E-state index in [1.165, 1.54) is 18.7 Å². The van der Waals surface area contributed by atoms with Gasteiger partial charge in [0.2, 0.25) is 5.91 Å². The molecular formula is C24H21F4N5O2. The van der Waals surface area contributed by atoms with Gasteiger partial charge >= 0.3 is 0 Å². The van der Waals surface area contributed by atoms with Gasteiger partial charge in [-0.25, -0.2) is 27.5 Å². The number of ketones is 1. The second kappa shape index (κ2) is 9.40.